The third-order valence-electron chi connectivity index (χ3n) is 4.85. The first kappa shape index (κ1) is 17.7. The molecule has 2 atom stereocenters. The molecule has 20 heavy (non-hydrogen) atoms. The van der Waals surface area contributed by atoms with Crippen molar-refractivity contribution in [1.29, 1.82) is 0 Å². The molecule has 0 unspecified atom stereocenters. The van der Waals surface area contributed by atoms with Crippen molar-refractivity contribution in [3.8, 4) is 0 Å². The van der Waals surface area contributed by atoms with Crippen molar-refractivity contribution in [1.82, 2.24) is 0 Å². The molecule has 0 aliphatic heterocycles. The van der Waals surface area contributed by atoms with E-state index in [0.29, 0.717) is 11.6 Å². The number of rotatable bonds is 8. The van der Waals surface area contributed by atoms with Gasteiger partial charge in [0.1, 0.15) is 0 Å². The van der Waals surface area contributed by atoms with Crippen molar-refractivity contribution < 1.29 is 14.0 Å². The third-order valence-corrected chi connectivity index (χ3v) is 9.39. The summed E-state index contributed by atoms with van der Waals surface area (Å²) in [6.45, 7) is 14.4. The highest BCUT2D eigenvalue weighted by atomic mass is 28.4. The zero-order chi connectivity index (χ0) is 15.4. The second-order valence-corrected chi connectivity index (χ2v) is 12.4. The van der Waals surface area contributed by atoms with Gasteiger partial charge in [-0.2, -0.15) is 0 Å². The van der Waals surface area contributed by atoms with E-state index in [9.17, 15) is 4.79 Å². The molecule has 1 saturated carbocycles. The van der Waals surface area contributed by atoms with Crippen molar-refractivity contribution in [2.24, 2.45) is 11.8 Å². The van der Waals surface area contributed by atoms with Crippen molar-refractivity contribution in [3.05, 3.63) is 0 Å². The van der Waals surface area contributed by atoms with Gasteiger partial charge in [-0.1, -0.05) is 20.8 Å². The maximum atomic E-state index is 10.7. The number of esters is 1. The molecule has 1 rings (SSSR count). The lowest BCUT2D eigenvalue weighted by Gasteiger charge is -2.36. The summed E-state index contributed by atoms with van der Waals surface area (Å²) in [5, 5.41) is 0.305. The fourth-order valence-electron chi connectivity index (χ4n) is 2.26. The Morgan fingerprint density at radius 2 is 1.75 bits per heavy atom. The Kier molecular flexibility index (Phi) is 6.26. The molecule has 0 bridgehead atoms. The van der Waals surface area contributed by atoms with Gasteiger partial charge in [-0.05, 0) is 55.7 Å². The molecule has 0 spiro atoms. The van der Waals surface area contributed by atoms with Crippen LogP contribution in [0.25, 0.3) is 0 Å². The molecule has 0 aromatic carbocycles. The van der Waals surface area contributed by atoms with Gasteiger partial charge in [-0.3, -0.25) is 4.79 Å². The first-order valence-corrected chi connectivity index (χ1v) is 10.8. The minimum Gasteiger partial charge on any atom is -0.466 e. The van der Waals surface area contributed by atoms with E-state index >= 15 is 0 Å². The smallest absolute Gasteiger partial charge is 0.302 e. The van der Waals surface area contributed by atoms with Gasteiger partial charge in [0.25, 0.3) is 0 Å². The van der Waals surface area contributed by atoms with Gasteiger partial charge in [0.05, 0.1) is 6.61 Å². The summed E-state index contributed by atoms with van der Waals surface area (Å²) >= 11 is 0. The predicted molar refractivity (Wildman–Crippen MR) is 85.2 cm³/mol. The normalized spacial score (nSPS) is 22.7. The molecule has 0 saturated heterocycles. The van der Waals surface area contributed by atoms with E-state index in [1.165, 1.54) is 26.2 Å². The van der Waals surface area contributed by atoms with Crippen LogP contribution >= 0.6 is 0 Å². The number of ether oxygens (including phenoxy) is 1. The van der Waals surface area contributed by atoms with Crippen LogP contribution in [-0.4, -0.2) is 27.5 Å². The van der Waals surface area contributed by atoms with Gasteiger partial charge in [-0.15, -0.1) is 0 Å². The largest absolute Gasteiger partial charge is 0.466 e. The van der Waals surface area contributed by atoms with Crippen LogP contribution < -0.4 is 0 Å². The molecule has 1 aliphatic carbocycles. The molecule has 0 N–H and O–H groups in total. The molecular formula is C16H32O3Si. The second-order valence-electron chi connectivity index (χ2n) is 7.64. The van der Waals surface area contributed by atoms with E-state index in [4.69, 9.17) is 9.16 Å². The quantitative estimate of drug-likeness (QED) is 0.379. The van der Waals surface area contributed by atoms with E-state index < -0.39 is 8.32 Å². The Bertz CT molecular complexity index is 320. The van der Waals surface area contributed by atoms with Crippen LogP contribution in [0, 0.1) is 11.8 Å². The molecule has 3 nitrogen and oxygen atoms in total. The highest BCUT2D eigenvalue weighted by Crippen LogP contribution is 2.44. The second kappa shape index (κ2) is 7.08. The van der Waals surface area contributed by atoms with Crippen molar-refractivity contribution >= 4 is 14.3 Å². The Morgan fingerprint density at radius 1 is 1.15 bits per heavy atom. The summed E-state index contributed by atoms with van der Waals surface area (Å²) in [4.78, 5) is 10.7. The number of hydrogen-bond donors (Lipinski definition) is 0. The fraction of sp³-hybridized carbons (Fsp3) is 0.938. The van der Waals surface area contributed by atoms with Crippen LogP contribution in [0.1, 0.15) is 53.4 Å². The molecule has 1 aliphatic rings. The molecule has 0 radical (unpaired) electrons. The number of carbonyl (C=O) groups is 1. The van der Waals surface area contributed by atoms with Gasteiger partial charge < -0.3 is 9.16 Å². The third kappa shape index (κ3) is 5.96. The average Bonchev–Trinajstić information content (AvgIpc) is 3.01. The lowest BCUT2D eigenvalue weighted by Crippen LogP contribution is -2.40. The van der Waals surface area contributed by atoms with Crippen LogP contribution in [0.4, 0.5) is 0 Å². The SMILES string of the molecule is CC(=O)OCC[C@@H]1C[C@@H]1CCCO[Si](C)(C)C(C)(C)C. The molecule has 0 heterocycles. The highest BCUT2D eigenvalue weighted by Gasteiger charge is 2.38. The van der Waals surface area contributed by atoms with Gasteiger partial charge in [-0.25, -0.2) is 0 Å². The van der Waals surface area contributed by atoms with Crippen molar-refractivity contribution in [2.45, 2.75) is 71.5 Å². The zero-order valence-corrected chi connectivity index (χ0v) is 15.1. The maximum absolute atomic E-state index is 10.7. The van der Waals surface area contributed by atoms with Crippen LogP contribution in [0.5, 0.6) is 0 Å². The van der Waals surface area contributed by atoms with Gasteiger partial charge >= 0.3 is 5.97 Å². The first-order valence-electron chi connectivity index (χ1n) is 7.91. The van der Waals surface area contributed by atoms with Crippen molar-refractivity contribution in [2.75, 3.05) is 13.2 Å². The lowest BCUT2D eigenvalue weighted by atomic mass is 10.1. The van der Waals surface area contributed by atoms with E-state index in [1.807, 2.05) is 0 Å². The Hall–Kier alpha value is -0.353. The molecular weight excluding hydrogens is 268 g/mol. The fourth-order valence-corrected chi connectivity index (χ4v) is 3.35. The minimum absolute atomic E-state index is 0.162. The summed E-state index contributed by atoms with van der Waals surface area (Å²) in [5.41, 5.74) is 0. The van der Waals surface area contributed by atoms with Crippen LogP contribution in [0.3, 0.4) is 0 Å². The molecule has 1 fully saturated rings. The van der Waals surface area contributed by atoms with Crippen molar-refractivity contribution in [3.63, 3.8) is 0 Å². The highest BCUT2D eigenvalue weighted by molar-refractivity contribution is 6.74. The lowest BCUT2D eigenvalue weighted by molar-refractivity contribution is -0.141. The van der Waals surface area contributed by atoms with Gasteiger partial charge in [0, 0.05) is 13.5 Å². The summed E-state index contributed by atoms with van der Waals surface area (Å²) in [5.74, 6) is 1.46. The Balaban J connectivity index is 2.05. The van der Waals surface area contributed by atoms with Crippen LogP contribution in [0.2, 0.25) is 18.1 Å². The molecule has 4 heteroatoms. The molecule has 118 valence electrons. The number of hydrogen-bond acceptors (Lipinski definition) is 3. The monoisotopic (exact) mass is 300 g/mol. The van der Waals surface area contributed by atoms with Crippen LogP contribution in [0.15, 0.2) is 0 Å². The van der Waals surface area contributed by atoms with E-state index in [-0.39, 0.29) is 5.97 Å². The standard InChI is InChI=1S/C16H32O3Si/c1-13(17)18-11-9-15-12-14(15)8-7-10-19-20(5,6)16(2,3)4/h14-15H,7-12H2,1-6H3/t14-,15+/m0/s1. The summed E-state index contributed by atoms with van der Waals surface area (Å²) < 4.78 is 11.2. The van der Waals surface area contributed by atoms with E-state index in [2.05, 4.69) is 33.9 Å². The summed E-state index contributed by atoms with van der Waals surface area (Å²) in [7, 11) is -1.56. The number of carbonyl (C=O) groups excluding carboxylic acids is 1. The molecule has 0 aromatic rings. The zero-order valence-electron chi connectivity index (χ0n) is 14.1. The van der Waals surface area contributed by atoms with E-state index in [1.54, 1.807) is 0 Å². The van der Waals surface area contributed by atoms with E-state index in [0.717, 1.165) is 24.9 Å². The topological polar surface area (TPSA) is 35.5 Å². The maximum Gasteiger partial charge on any atom is 0.302 e. The Morgan fingerprint density at radius 3 is 2.30 bits per heavy atom. The summed E-state index contributed by atoms with van der Waals surface area (Å²) in [6.07, 6.45) is 4.77. The van der Waals surface area contributed by atoms with Gasteiger partial charge in [0.2, 0.25) is 0 Å². The average molecular weight is 301 g/mol. The molecule has 0 aromatic heterocycles. The molecule has 0 amide bonds. The minimum atomic E-state index is -1.56. The summed E-state index contributed by atoms with van der Waals surface area (Å²) in [6, 6.07) is 0. The predicted octanol–water partition coefficient (Wildman–Crippen LogP) is 4.38. The first-order chi connectivity index (χ1) is 9.13. The Labute approximate surface area is 125 Å². The van der Waals surface area contributed by atoms with Gasteiger partial charge in [0.15, 0.2) is 8.32 Å². The van der Waals surface area contributed by atoms with Crippen LogP contribution in [-0.2, 0) is 14.0 Å².